The van der Waals surface area contributed by atoms with Crippen LogP contribution in [0.15, 0.2) is 36.4 Å². The average molecular weight is 436 g/mol. The van der Waals surface area contributed by atoms with E-state index in [1.807, 2.05) is 31.2 Å². The highest BCUT2D eigenvalue weighted by Gasteiger charge is 2.18. The van der Waals surface area contributed by atoms with Crippen LogP contribution >= 0.6 is 35.4 Å². The van der Waals surface area contributed by atoms with Crippen molar-refractivity contribution < 1.29 is 4.79 Å². The molecule has 4 nitrogen and oxygen atoms in total. The number of hydrogen-bond donors (Lipinski definition) is 2. The third kappa shape index (κ3) is 5.16. The number of piperidine rings is 1. The van der Waals surface area contributed by atoms with Crippen LogP contribution in [0.25, 0.3) is 0 Å². The first-order valence-electron chi connectivity index (χ1n) is 9.26. The lowest BCUT2D eigenvalue weighted by atomic mass is 9.99. The number of nitrogens with zero attached hydrogens (tertiary/aromatic N) is 1. The van der Waals surface area contributed by atoms with Crippen molar-refractivity contribution in [3.63, 3.8) is 0 Å². The molecule has 1 saturated heterocycles. The van der Waals surface area contributed by atoms with E-state index in [0.717, 1.165) is 35.9 Å². The Hall–Kier alpha value is -1.82. The molecular formula is C21H23Cl2N3OS. The Morgan fingerprint density at radius 1 is 1.11 bits per heavy atom. The molecule has 3 rings (SSSR count). The second kappa shape index (κ2) is 9.12. The molecule has 1 aliphatic rings. The van der Waals surface area contributed by atoms with Gasteiger partial charge in [0.05, 0.1) is 21.3 Å². The summed E-state index contributed by atoms with van der Waals surface area (Å²) in [6, 6.07) is 11.0. The molecule has 0 bridgehead atoms. The molecule has 0 unspecified atom stereocenters. The average Bonchev–Trinajstić information content (AvgIpc) is 2.62. The minimum absolute atomic E-state index is 0.192. The predicted octanol–water partition coefficient (Wildman–Crippen LogP) is 5.66. The van der Waals surface area contributed by atoms with Gasteiger partial charge in [0.25, 0.3) is 5.91 Å². The van der Waals surface area contributed by atoms with Crippen molar-refractivity contribution in [3.05, 3.63) is 57.6 Å². The highest BCUT2D eigenvalue weighted by Crippen LogP contribution is 2.31. The summed E-state index contributed by atoms with van der Waals surface area (Å²) >= 11 is 17.9. The molecule has 7 heteroatoms. The zero-order valence-corrected chi connectivity index (χ0v) is 18.2. The Kier molecular flexibility index (Phi) is 6.81. The van der Waals surface area contributed by atoms with Gasteiger partial charge in [0.1, 0.15) is 0 Å². The molecule has 0 radical (unpaired) electrons. The molecule has 1 fully saturated rings. The minimum atomic E-state index is -0.354. The normalized spacial score (nSPS) is 14.6. The number of carbonyl (C=O) groups is 1. The number of hydrogen-bond acceptors (Lipinski definition) is 3. The highest BCUT2D eigenvalue weighted by molar-refractivity contribution is 7.80. The molecule has 1 amide bonds. The second-order valence-corrected chi connectivity index (χ2v) is 8.45. The van der Waals surface area contributed by atoms with Gasteiger partial charge in [-0.25, -0.2) is 0 Å². The fraction of sp³-hybridized carbons (Fsp3) is 0.333. The number of rotatable bonds is 3. The van der Waals surface area contributed by atoms with E-state index in [-0.39, 0.29) is 11.0 Å². The van der Waals surface area contributed by atoms with Crippen molar-refractivity contribution in [1.29, 1.82) is 0 Å². The second-order valence-electron chi connectivity index (χ2n) is 7.23. The standard InChI is InChI=1S/C21H23Cl2N3OS/c1-13-7-9-26(10-8-13)19-6-4-15(12-18(19)23)24-21(28)25-20(27)16-5-3-14(2)11-17(16)22/h3-6,11-13H,7-10H2,1-2H3,(H2,24,25,27,28). The van der Waals surface area contributed by atoms with Gasteiger partial charge in [-0.2, -0.15) is 0 Å². The topological polar surface area (TPSA) is 44.4 Å². The van der Waals surface area contributed by atoms with E-state index >= 15 is 0 Å². The van der Waals surface area contributed by atoms with Gasteiger partial charge in [0.2, 0.25) is 0 Å². The van der Waals surface area contributed by atoms with E-state index in [2.05, 4.69) is 22.5 Å². The number of amides is 1. The third-order valence-corrected chi connectivity index (χ3v) is 5.75. The largest absolute Gasteiger partial charge is 0.370 e. The maximum absolute atomic E-state index is 12.4. The molecule has 0 spiro atoms. The minimum Gasteiger partial charge on any atom is -0.370 e. The van der Waals surface area contributed by atoms with Crippen LogP contribution in [0.1, 0.15) is 35.7 Å². The van der Waals surface area contributed by atoms with Gasteiger partial charge in [-0.1, -0.05) is 36.2 Å². The molecule has 28 heavy (non-hydrogen) atoms. The van der Waals surface area contributed by atoms with Gasteiger partial charge in [-0.3, -0.25) is 10.1 Å². The van der Waals surface area contributed by atoms with Gasteiger partial charge in [-0.05, 0) is 73.8 Å². The molecule has 2 aromatic rings. The summed E-state index contributed by atoms with van der Waals surface area (Å²) in [5.74, 6) is 0.409. The van der Waals surface area contributed by atoms with Crippen LogP contribution in [0.3, 0.4) is 0 Å². The maximum atomic E-state index is 12.4. The summed E-state index contributed by atoms with van der Waals surface area (Å²) in [6.07, 6.45) is 2.35. The van der Waals surface area contributed by atoms with E-state index in [1.54, 1.807) is 12.1 Å². The van der Waals surface area contributed by atoms with Crippen LogP contribution in [0.5, 0.6) is 0 Å². The lowest BCUT2D eigenvalue weighted by molar-refractivity contribution is 0.0978. The summed E-state index contributed by atoms with van der Waals surface area (Å²) in [5, 5.41) is 6.90. The quantitative estimate of drug-likeness (QED) is 0.609. The van der Waals surface area contributed by atoms with E-state index in [9.17, 15) is 4.79 Å². The molecule has 0 aliphatic carbocycles. The van der Waals surface area contributed by atoms with Crippen molar-refractivity contribution >= 4 is 57.8 Å². The molecule has 1 heterocycles. The number of carbonyl (C=O) groups excluding carboxylic acids is 1. The first-order chi connectivity index (χ1) is 13.3. The molecule has 2 N–H and O–H groups in total. The smallest absolute Gasteiger partial charge is 0.258 e. The maximum Gasteiger partial charge on any atom is 0.258 e. The Labute approximate surface area is 181 Å². The first-order valence-corrected chi connectivity index (χ1v) is 10.4. The molecule has 0 atom stereocenters. The van der Waals surface area contributed by atoms with Gasteiger partial charge in [-0.15, -0.1) is 0 Å². The summed E-state index contributed by atoms with van der Waals surface area (Å²) in [7, 11) is 0. The molecule has 1 aliphatic heterocycles. The highest BCUT2D eigenvalue weighted by atomic mass is 35.5. The Morgan fingerprint density at radius 2 is 1.82 bits per heavy atom. The SMILES string of the molecule is Cc1ccc(C(=O)NC(=S)Nc2ccc(N3CCC(C)CC3)c(Cl)c2)c(Cl)c1. The third-order valence-electron chi connectivity index (χ3n) is 4.93. The van der Waals surface area contributed by atoms with Crippen molar-refractivity contribution in [3.8, 4) is 0 Å². The fourth-order valence-corrected chi connectivity index (χ4v) is 4.06. The number of anilines is 2. The zero-order chi connectivity index (χ0) is 20.3. The van der Waals surface area contributed by atoms with Gasteiger partial charge in [0.15, 0.2) is 5.11 Å². The van der Waals surface area contributed by atoms with Gasteiger partial charge in [0, 0.05) is 18.8 Å². The Morgan fingerprint density at radius 3 is 2.46 bits per heavy atom. The van der Waals surface area contributed by atoms with Crippen LogP contribution in [-0.2, 0) is 0 Å². The van der Waals surface area contributed by atoms with Crippen LogP contribution in [0.4, 0.5) is 11.4 Å². The summed E-state index contributed by atoms with van der Waals surface area (Å²) in [5.41, 5.74) is 3.12. The van der Waals surface area contributed by atoms with Gasteiger partial charge < -0.3 is 10.2 Å². The van der Waals surface area contributed by atoms with E-state index in [4.69, 9.17) is 35.4 Å². The summed E-state index contributed by atoms with van der Waals surface area (Å²) < 4.78 is 0. The van der Waals surface area contributed by atoms with Crippen LogP contribution < -0.4 is 15.5 Å². The number of benzene rings is 2. The molecule has 0 saturated carbocycles. The summed E-state index contributed by atoms with van der Waals surface area (Å²) in [6.45, 7) is 6.22. The summed E-state index contributed by atoms with van der Waals surface area (Å²) in [4.78, 5) is 14.7. The fourth-order valence-electron chi connectivity index (χ4n) is 3.23. The van der Waals surface area contributed by atoms with Crippen LogP contribution in [0.2, 0.25) is 10.0 Å². The van der Waals surface area contributed by atoms with E-state index < -0.39 is 0 Å². The van der Waals surface area contributed by atoms with Crippen molar-refractivity contribution in [1.82, 2.24) is 5.32 Å². The van der Waals surface area contributed by atoms with E-state index in [1.165, 1.54) is 12.8 Å². The first kappa shape index (κ1) is 20.9. The Balaban J connectivity index is 1.62. The number of thiocarbonyl (C=S) groups is 1. The number of nitrogens with one attached hydrogen (secondary N) is 2. The van der Waals surface area contributed by atoms with Gasteiger partial charge >= 0.3 is 0 Å². The van der Waals surface area contributed by atoms with Crippen molar-refractivity contribution in [2.75, 3.05) is 23.3 Å². The van der Waals surface area contributed by atoms with Crippen LogP contribution in [0, 0.1) is 12.8 Å². The molecule has 148 valence electrons. The van der Waals surface area contributed by atoms with Crippen molar-refractivity contribution in [2.45, 2.75) is 26.7 Å². The lowest BCUT2D eigenvalue weighted by Crippen LogP contribution is -2.34. The monoisotopic (exact) mass is 435 g/mol. The zero-order valence-electron chi connectivity index (χ0n) is 15.9. The Bertz CT molecular complexity index is 895. The molecule has 2 aromatic carbocycles. The molecule has 0 aromatic heterocycles. The lowest BCUT2D eigenvalue weighted by Gasteiger charge is -2.32. The van der Waals surface area contributed by atoms with Crippen molar-refractivity contribution in [2.24, 2.45) is 5.92 Å². The number of aryl methyl sites for hydroxylation is 1. The predicted molar refractivity (Wildman–Crippen MR) is 122 cm³/mol. The number of halogens is 2. The van der Waals surface area contributed by atoms with Crippen LogP contribution in [-0.4, -0.2) is 24.1 Å². The molecular weight excluding hydrogens is 413 g/mol. The van der Waals surface area contributed by atoms with E-state index in [0.29, 0.717) is 15.6 Å².